The van der Waals surface area contributed by atoms with Gasteiger partial charge >= 0.3 is 6.61 Å². The van der Waals surface area contributed by atoms with Gasteiger partial charge in [-0.3, -0.25) is 9.59 Å². The summed E-state index contributed by atoms with van der Waals surface area (Å²) >= 11 is 0. The summed E-state index contributed by atoms with van der Waals surface area (Å²) in [6.07, 6.45) is -0.0762. The molecule has 6 heteroatoms. The molecule has 0 aliphatic carbocycles. The van der Waals surface area contributed by atoms with Crippen LogP contribution in [0.4, 0.5) is 8.78 Å². The maximum absolute atomic E-state index is 12.0. The van der Waals surface area contributed by atoms with E-state index >= 15 is 0 Å². The molecule has 96 valence electrons. The van der Waals surface area contributed by atoms with Gasteiger partial charge in [0.05, 0.1) is 13.0 Å². The van der Waals surface area contributed by atoms with Crippen LogP contribution >= 0.6 is 0 Å². The van der Waals surface area contributed by atoms with E-state index in [1.54, 1.807) is 12.1 Å². The van der Waals surface area contributed by atoms with Crippen LogP contribution in [0.2, 0.25) is 0 Å². The number of hydrogen-bond acceptors (Lipinski definition) is 3. The fourth-order valence-corrected chi connectivity index (χ4v) is 1.82. The smallest absolute Gasteiger partial charge is 0.387 e. The van der Waals surface area contributed by atoms with Crippen molar-refractivity contribution >= 4 is 11.7 Å². The Bertz CT molecular complexity index is 476. The molecule has 0 aromatic heterocycles. The van der Waals surface area contributed by atoms with Crippen LogP contribution in [0.1, 0.15) is 12.0 Å². The van der Waals surface area contributed by atoms with Gasteiger partial charge in [-0.1, -0.05) is 12.1 Å². The number of carbonyl (C=O) groups is 2. The molecule has 0 saturated carbocycles. The lowest BCUT2D eigenvalue weighted by atomic mass is 10.2. The van der Waals surface area contributed by atoms with Crippen molar-refractivity contribution in [3.8, 4) is 5.75 Å². The lowest BCUT2D eigenvalue weighted by molar-refractivity contribution is -0.128. The lowest BCUT2D eigenvalue weighted by Gasteiger charge is -2.15. The number of rotatable bonds is 4. The topological polar surface area (TPSA) is 46.6 Å². The zero-order valence-corrected chi connectivity index (χ0v) is 9.44. The summed E-state index contributed by atoms with van der Waals surface area (Å²) < 4.78 is 28.3. The molecule has 0 N–H and O–H groups in total. The monoisotopic (exact) mass is 255 g/mol. The van der Waals surface area contributed by atoms with Gasteiger partial charge < -0.3 is 9.64 Å². The summed E-state index contributed by atoms with van der Waals surface area (Å²) in [5.41, 5.74) is 0.649. The Balaban J connectivity index is 2.05. The molecule has 1 amide bonds. The van der Waals surface area contributed by atoms with E-state index in [2.05, 4.69) is 4.74 Å². The first-order valence-electron chi connectivity index (χ1n) is 5.38. The highest BCUT2D eigenvalue weighted by Gasteiger charge is 2.27. The van der Waals surface area contributed by atoms with E-state index < -0.39 is 6.61 Å². The number of nitrogens with zero attached hydrogens (tertiary/aromatic N) is 1. The average molecular weight is 255 g/mol. The first kappa shape index (κ1) is 12.5. The van der Waals surface area contributed by atoms with Crippen LogP contribution in [0.3, 0.4) is 0 Å². The average Bonchev–Trinajstić information content (AvgIpc) is 2.57. The van der Waals surface area contributed by atoms with Crippen LogP contribution in [0.15, 0.2) is 24.3 Å². The Morgan fingerprint density at radius 2 is 2.11 bits per heavy atom. The van der Waals surface area contributed by atoms with Gasteiger partial charge in [-0.2, -0.15) is 8.78 Å². The van der Waals surface area contributed by atoms with Gasteiger partial charge in [0.1, 0.15) is 5.75 Å². The fourth-order valence-electron chi connectivity index (χ4n) is 1.82. The van der Waals surface area contributed by atoms with Crippen molar-refractivity contribution in [2.24, 2.45) is 0 Å². The van der Waals surface area contributed by atoms with Crippen molar-refractivity contribution in [2.75, 3.05) is 6.54 Å². The van der Waals surface area contributed by atoms with Crippen molar-refractivity contribution in [2.45, 2.75) is 19.6 Å². The predicted molar refractivity (Wildman–Crippen MR) is 58.1 cm³/mol. The van der Waals surface area contributed by atoms with Crippen LogP contribution in [-0.4, -0.2) is 29.7 Å². The second-order valence-electron chi connectivity index (χ2n) is 3.99. The van der Waals surface area contributed by atoms with Crippen LogP contribution in [0, 0.1) is 0 Å². The number of halogens is 2. The molecule has 1 aromatic carbocycles. The second-order valence-corrected chi connectivity index (χ2v) is 3.99. The molecule has 1 heterocycles. The molecule has 4 nitrogen and oxygen atoms in total. The number of carbonyl (C=O) groups excluding carboxylic acids is 2. The second kappa shape index (κ2) is 5.12. The number of ether oxygens (including phenoxy) is 1. The summed E-state index contributed by atoms with van der Waals surface area (Å²) in [4.78, 5) is 23.9. The zero-order valence-electron chi connectivity index (χ0n) is 9.44. The zero-order chi connectivity index (χ0) is 13.1. The van der Waals surface area contributed by atoms with Gasteiger partial charge in [-0.25, -0.2) is 0 Å². The molecule has 2 rings (SSSR count). The van der Waals surface area contributed by atoms with Gasteiger partial charge in [0.15, 0.2) is 5.78 Å². The normalized spacial score (nSPS) is 15.6. The van der Waals surface area contributed by atoms with E-state index in [0.29, 0.717) is 5.56 Å². The molecular weight excluding hydrogens is 244 g/mol. The third kappa shape index (κ3) is 3.03. The quantitative estimate of drug-likeness (QED) is 0.767. The molecule has 0 bridgehead atoms. The Kier molecular flexibility index (Phi) is 3.55. The molecule has 1 saturated heterocycles. The van der Waals surface area contributed by atoms with Gasteiger partial charge in [0.25, 0.3) is 0 Å². The summed E-state index contributed by atoms with van der Waals surface area (Å²) in [7, 11) is 0. The van der Waals surface area contributed by atoms with Gasteiger partial charge in [-0.15, -0.1) is 0 Å². The molecule has 0 radical (unpaired) electrons. The van der Waals surface area contributed by atoms with Crippen molar-refractivity contribution in [1.29, 1.82) is 0 Å². The van der Waals surface area contributed by atoms with Crippen molar-refractivity contribution < 1.29 is 23.1 Å². The minimum atomic E-state index is -2.88. The molecule has 1 aromatic rings. The molecule has 0 unspecified atom stereocenters. The third-order valence-electron chi connectivity index (χ3n) is 2.57. The number of likely N-dealkylation sites (tertiary alicyclic amines) is 1. The first-order valence-corrected chi connectivity index (χ1v) is 5.38. The molecule has 1 fully saturated rings. The van der Waals surface area contributed by atoms with E-state index in [9.17, 15) is 18.4 Å². The number of amides is 1. The largest absolute Gasteiger partial charge is 0.435 e. The molecular formula is C12H11F2NO3. The van der Waals surface area contributed by atoms with E-state index in [0.717, 1.165) is 0 Å². The molecule has 0 spiro atoms. The highest BCUT2D eigenvalue weighted by Crippen LogP contribution is 2.18. The summed E-state index contributed by atoms with van der Waals surface area (Å²) in [5.74, 6) is -0.319. The highest BCUT2D eigenvalue weighted by molar-refractivity contribution is 6.05. The predicted octanol–water partition coefficient (Wildman–Crippen LogP) is 1.59. The van der Waals surface area contributed by atoms with Crippen LogP contribution in [0.5, 0.6) is 5.75 Å². The standard InChI is InChI=1S/C12H11F2NO3/c13-12(14)18-10-3-1-2-8(4-10)6-15-7-9(16)5-11(15)17/h1-4,12H,5-7H2. The number of Topliss-reactive ketones (excluding diaryl/α,β-unsaturated/α-hetero) is 1. The third-order valence-corrected chi connectivity index (χ3v) is 2.57. The Morgan fingerprint density at radius 3 is 2.72 bits per heavy atom. The number of hydrogen-bond donors (Lipinski definition) is 0. The van der Waals surface area contributed by atoms with Gasteiger partial charge in [0, 0.05) is 6.54 Å². The molecule has 1 aliphatic heterocycles. The minimum absolute atomic E-state index is 0.0421. The van der Waals surface area contributed by atoms with Crippen molar-refractivity contribution in [1.82, 2.24) is 4.90 Å². The van der Waals surface area contributed by atoms with E-state index in [4.69, 9.17) is 0 Å². The highest BCUT2D eigenvalue weighted by atomic mass is 19.3. The Labute approximate surface area is 102 Å². The Hall–Kier alpha value is -1.98. The summed E-state index contributed by atoms with van der Waals surface area (Å²) in [6.45, 7) is -2.57. The lowest BCUT2D eigenvalue weighted by Crippen LogP contribution is -2.24. The summed E-state index contributed by atoms with van der Waals surface area (Å²) in [5, 5.41) is 0. The van der Waals surface area contributed by atoms with Crippen LogP contribution in [0.25, 0.3) is 0 Å². The van der Waals surface area contributed by atoms with Crippen molar-refractivity contribution in [3.05, 3.63) is 29.8 Å². The summed E-state index contributed by atoms with van der Waals surface area (Å²) in [6, 6.07) is 6.10. The number of ketones is 1. The first-order chi connectivity index (χ1) is 8.54. The maximum atomic E-state index is 12.0. The molecule has 0 atom stereocenters. The van der Waals surface area contributed by atoms with Crippen LogP contribution < -0.4 is 4.74 Å². The Morgan fingerprint density at radius 1 is 1.33 bits per heavy atom. The van der Waals surface area contributed by atoms with Gasteiger partial charge in [-0.05, 0) is 17.7 Å². The number of benzene rings is 1. The van der Waals surface area contributed by atoms with Crippen LogP contribution in [-0.2, 0) is 16.1 Å². The van der Waals surface area contributed by atoms with Gasteiger partial charge in [0.2, 0.25) is 5.91 Å². The van der Waals surface area contributed by atoms with E-state index in [1.807, 2.05) is 0 Å². The van der Waals surface area contributed by atoms with Crippen molar-refractivity contribution in [3.63, 3.8) is 0 Å². The maximum Gasteiger partial charge on any atom is 0.387 e. The SMILES string of the molecule is O=C1CC(=O)N(Cc2cccc(OC(F)F)c2)C1. The van der Waals surface area contributed by atoms with E-state index in [-0.39, 0.29) is 37.0 Å². The molecule has 1 aliphatic rings. The van der Waals surface area contributed by atoms with E-state index in [1.165, 1.54) is 17.0 Å². The minimum Gasteiger partial charge on any atom is -0.435 e. The fraction of sp³-hybridized carbons (Fsp3) is 0.333. The molecule has 18 heavy (non-hydrogen) atoms. The number of alkyl halides is 2.